The van der Waals surface area contributed by atoms with Gasteiger partial charge < -0.3 is 0 Å². The summed E-state index contributed by atoms with van der Waals surface area (Å²) in [7, 11) is 0. The molecule has 0 spiro atoms. The summed E-state index contributed by atoms with van der Waals surface area (Å²) in [5, 5.41) is 3.11. The van der Waals surface area contributed by atoms with Crippen molar-refractivity contribution in [2.75, 3.05) is 0 Å². The van der Waals surface area contributed by atoms with E-state index < -0.39 is 5.54 Å². The molecule has 0 aromatic heterocycles. The van der Waals surface area contributed by atoms with E-state index in [1.54, 1.807) is 0 Å². The number of hydrogen-bond donors (Lipinski definition) is 0. The van der Waals surface area contributed by atoms with Gasteiger partial charge in [0.05, 0.1) is 0 Å². The monoisotopic (exact) mass is 255 g/mol. The molecular weight excluding hydrogens is 241 g/mol. The fraction of sp³-hybridized carbons (Fsp3) is 1.00. The van der Waals surface area contributed by atoms with Crippen LogP contribution in [0, 0.1) is 4.91 Å². The van der Waals surface area contributed by atoms with Crippen LogP contribution in [0.15, 0.2) is 5.18 Å². The van der Waals surface area contributed by atoms with E-state index in [0.29, 0.717) is 0 Å². The highest BCUT2D eigenvalue weighted by molar-refractivity contribution is 14.1. The van der Waals surface area contributed by atoms with Gasteiger partial charge >= 0.3 is 0 Å². The molecular formula is C7H14INO. The number of nitrogens with zero attached hydrogens (tertiary/aromatic N) is 1. The van der Waals surface area contributed by atoms with Gasteiger partial charge in [-0.1, -0.05) is 34.7 Å². The SMILES string of the molecule is CCC(C)(I)C(C)(C)N=O. The highest BCUT2D eigenvalue weighted by Gasteiger charge is 2.38. The van der Waals surface area contributed by atoms with Gasteiger partial charge in [-0.3, -0.25) is 0 Å². The largest absolute Gasteiger partial charge is 0.150 e. The van der Waals surface area contributed by atoms with Gasteiger partial charge in [0.15, 0.2) is 0 Å². The molecule has 0 aliphatic carbocycles. The summed E-state index contributed by atoms with van der Waals surface area (Å²) in [6.45, 7) is 7.86. The van der Waals surface area contributed by atoms with Crippen LogP contribution in [0.4, 0.5) is 0 Å². The van der Waals surface area contributed by atoms with Crippen molar-refractivity contribution in [3.05, 3.63) is 4.91 Å². The molecule has 0 N–H and O–H groups in total. The highest BCUT2D eigenvalue weighted by atomic mass is 127. The smallest absolute Gasteiger partial charge is 0.111 e. The zero-order chi connectivity index (χ0) is 8.41. The number of nitroso groups, excluding NO2 is 1. The maximum absolute atomic E-state index is 10.4. The Morgan fingerprint density at radius 2 is 1.80 bits per heavy atom. The first kappa shape index (κ1) is 10.3. The minimum Gasteiger partial charge on any atom is -0.150 e. The first-order valence-electron chi connectivity index (χ1n) is 3.41. The van der Waals surface area contributed by atoms with Crippen molar-refractivity contribution in [2.45, 2.75) is 43.1 Å². The standard InChI is InChI=1S/C7H14INO/c1-5-7(4,8)6(2,3)9-10/h5H2,1-4H3. The van der Waals surface area contributed by atoms with E-state index in [1.165, 1.54) is 0 Å². The van der Waals surface area contributed by atoms with E-state index in [9.17, 15) is 4.91 Å². The fourth-order valence-corrected chi connectivity index (χ4v) is 0.626. The maximum atomic E-state index is 10.4. The molecule has 0 rings (SSSR count). The van der Waals surface area contributed by atoms with E-state index in [1.807, 2.05) is 13.8 Å². The van der Waals surface area contributed by atoms with Crippen LogP contribution < -0.4 is 0 Å². The Hall–Kier alpha value is 0.330. The lowest BCUT2D eigenvalue weighted by atomic mass is 9.88. The van der Waals surface area contributed by atoms with Crippen molar-refractivity contribution in [3.8, 4) is 0 Å². The Morgan fingerprint density at radius 3 is 1.90 bits per heavy atom. The topological polar surface area (TPSA) is 29.4 Å². The van der Waals surface area contributed by atoms with E-state index in [2.05, 4.69) is 41.6 Å². The molecule has 2 nitrogen and oxygen atoms in total. The van der Waals surface area contributed by atoms with Crippen molar-refractivity contribution < 1.29 is 0 Å². The molecule has 0 aliphatic rings. The predicted molar refractivity (Wildman–Crippen MR) is 52.6 cm³/mol. The van der Waals surface area contributed by atoms with Gasteiger partial charge in [-0.05, 0) is 27.2 Å². The van der Waals surface area contributed by atoms with Crippen molar-refractivity contribution in [1.29, 1.82) is 0 Å². The second-order valence-corrected chi connectivity index (χ2v) is 5.58. The van der Waals surface area contributed by atoms with Crippen LogP contribution in [-0.4, -0.2) is 8.96 Å². The molecule has 10 heavy (non-hydrogen) atoms. The summed E-state index contributed by atoms with van der Waals surface area (Å²) >= 11 is 2.29. The van der Waals surface area contributed by atoms with Gasteiger partial charge in [-0.25, -0.2) is 0 Å². The predicted octanol–water partition coefficient (Wildman–Crippen LogP) is 3.14. The Morgan fingerprint density at radius 1 is 1.40 bits per heavy atom. The van der Waals surface area contributed by atoms with Crippen LogP contribution in [-0.2, 0) is 0 Å². The van der Waals surface area contributed by atoms with Gasteiger partial charge in [0.2, 0.25) is 0 Å². The molecule has 0 aromatic carbocycles. The third-order valence-electron chi connectivity index (χ3n) is 2.17. The number of alkyl halides is 1. The lowest BCUT2D eigenvalue weighted by molar-refractivity contribution is 0.397. The van der Waals surface area contributed by atoms with Gasteiger partial charge in [0.1, 0.15) is 5.54 Å². The number of hydrogen-bond acceptors (Lipinski definition) is 2. The Labute approximate surface area is 75.9 Å². The minimum absolute atomic E-state index is 0.0213. The van der Waals surface area contributed by atoms with Gasteiger partial charge in [-0.2, -0.15) is 4.91 Å². The van der Waals surface area contributed by atoms with Crippen molar-refractivity contribution in [1.82, 2.24) is 0 Å². The normalized spacial score (nSPS) is 18.1. The average Bonchev–Trinajstić information content (AvgIpc) is 1.88. The molecule has 0 aliphatic heterocycles. The van der Waals surface area contributed by atoms with Crippen LogP contribution in [0.5, 0.6) is 0 Å². The molecule has 3 heteroatoms. The summed E-state index contributed by atoms with van der Waals surface area (Å²) in [4.78, 5) is 10.4. The van der Waals surface area contributed by atoms with E-state index >= 15 is 0 Å². The van der Waals surface area contributed by atoms with Crippen molar-refractivity contribution >= 4 is 22.6 Å². The zero-order valence-electron chi connectivity index (χ0n) is 6.94. The molecule has 0 bridgehead atoms. The maximum Gasteiger partial charge on any atom is 0.111 e. The van der Waals surface area contributed by atoms with Crippen LogP contribution >= 0.6 is 22.6 Å². The van der Waals surface area contributed by atoms with Gasteiger partial charge in [0.25, 0.3) is 0 Å². The van der Waals surface area contributed by atoms with Crippen molar-refractivity contribution in [2.24, 2.45) is 5.18 Å². The van der Waals surface area contributed by atoms with Crippen LogP contribution in [0.2, 0.25) is 0 Å². The summed E-state index contributed by atoms with van der Waals surface area (Å²) in [5.74, 6) is 0. The summed E-state index contributed by atoms with van der Waals surface area (Å²) in [6.07, 6.45) is 0.965. The molecule has 0 saturated carbocycles. The number of rotatable bonds is 3. The zero-order valence-corrected chi connectivity index (χ0v) is 9.10. The first-order chi connectivity index (χ1) is 4.37. The number of halogens is 1. The molecule has 0 amide bonds. The molecule has 0 aromatic rings. The Kier molecular flexibility index (Phi) is 3.26. The molecule has 1 unspecified atom stereocenters. The minimum atomic E-state index is -0.456. The molecule has 0 saturated heterocycles. The molecule has 0 fully saturated rings. The summed E-state index contributed by atoms with van der Waals surface area (Å²) in [5.41, 5.74) is -0.456. The van der Waals surface area contributed by atoms with Crippen LogP contribution in [0.3, 0.4) is 0 Å². The fourth-order valence-electron chi connectivity index (χ4n) is 0.528. The van der Waals surface area contributed by atoms with Gasteiger partial charge in [-0.15, -0.1) is 0 Å². The van der Waals surface area contributed by atoms with E-state index in [-0.39, 0.29) is 3.42 Å². The molecule has 1 atom stereocenters. The molecule has 60 valence electrons. The lowest BCUT2D eigenvalue weighted by Gasteiger charge is -2.32. The highest BCUT2D eigenvalue weighted by Crippen LogP contribution is 2.36. The van der Waals surface area contributed by atoms with Crippen molar-refractivity contribution in [3.63, 3.8) is 0 Å². The second kappa shape index (κ2) is 3.15. The first-order valence-corrected chi connectivity index (χ1v) is 4.48. The third-order valence-corrected chi connectivity index (χ3v) is 4.25. The third kappa shape index (κ3) is 1.90. The van der Waals surface area contributed by atoms with E-state index in [4.69, 9.17) is 0 Å². The van der Waals surface area contributed by atoms with E-state index in [0.717, 1.165) is 6.42 Å². The molecule has 0 heterocycles. The van der Waals surface area contributed by atoms with Gasteiger partial charge in [0, 0.05) is 3.42 Å². The van der Waals surface area contributed by atoms with Crippen LogP contribution in [0.1, 0.15) is 34.1 Å². The summed E-state index contributed by atoms with van der Waals surface area (Å²) in [6, 6.07) is 0. The second-order valence-electron chi connectivity index (χ2n) is 3.20. The quantitative estimate of drug-likeness (QED) is 0.432. The average molecular weight is 255 g/mol. The Bertz CT molecular complexity index is 132. The molecule has 0 radical (unpaired) electrons. The lowest BCUT2D eigenvalue weighted by Crippen LogP contribution is -2.39. The van der Waals surface area contributed by atoms with Crippen LogP contribution in [0.25, 0.3) is 0 Å². The Balaban J connectivity index is 4.43. The summed E-state index contributed by atoms with van der Waals surface area (Å²) < 4.78 is -0.0213.